The summed E-state index contributed by atoms with van der Waals surface area (Å²) >= 11 is 1.68. The fraction of sp³-hybridized carbons (Fsp3) is 0.292. The largest absolute Gasteiger partial charge is 0.351 e. The van der Waals surface area contributed by atoms with Crippen molar-refractivity contribution in [2.24, 2.45) is 0 Å². The van der Waals surface area contributed by atoms with Crippen LogP contribution in [0.1, 0.15) is 56.4 Å². The average Bonchev–Trinajstić information content (AvgIpc) is 3.17. The van der Waals surface area contributed by atoms with Gasteiger partial charge in [0.2, 0.25) is 0 Å². The third-order valence-corrected chi connectivity index (χ3v) is 6.58. The van der Waals surface area contributed by atoms with E-state index < -0.39 is 0 Å². The van der Waals surface area contributed by atoms with Crippen molar-refractivity contribution in [1.29, 1.82) is 0 Å². The molecule has 1 heterocycles. The van der Waals surface area contributed by atoms with Crippen molar-refractivity contribution in [2.75, 3.05) is 6.54 Å². The van der Waals surface area contributed by atoms with Crippen LogP contribution in [0.25, 0.3) is 0 Å². The van der Waals surface area contributed by atoms with Gasteiger partial charge in [0.25, 0.3) is 5.91 Å². The number of benzene rings is 2. The summed E-state index contributed by atoms with van der Waals surface area (Å²) in [4.78, 5) is 14.9. The van der Waals surface area contributed by atoms with Gasteiger partial charge in [-0.3, -0.25) is 4.79 Å². The Balaban J connectivity index is 1.42. The number of amides is 1. The Bertz CT molecular complexity index is 822. The molecule has 0 unspecified atom stereocenters. The first-order valence-electron chi connectivity index (χ1n) is 9.81. The first-order chi connectivity index (χ1) is 13.3. The normalized spacial score (nSPS) is 13.4. The number of rotatable bonds is 6. The van der Waals surface area contributed by atoms with Crippen molar-refractivity contribution in [1.82, 2.24) is 5.32 Å². The zero-order chi connectivity index (χ0) is 18.5. The molecule has 3 aromatic rings. The van der Waals surface area contributed by atoms with Gasteiger partial charge in [0, 0.05) is 17.3 Å². The van der Waals surface area contributed by atoms with Crippen LogP contribution in [0.3, 0.4) is 0 Å². The lowest BCUT2D eigenvalue weighted by Crippen LogP contribution is -2.25. The SMILES string of the molecule is O=C(NCCC(c1ccccc1)c1ccccc1)c1cc2c(s1)CCCC2. The molecular formula is C24H25NOS. The van der Waals surface area contributed by atoms with E-state index in [9.17, 15) is 4.79 Å². The van der Waals surface area contributed by atoms with Crippen LogP contribution in [0.15, 0.2) is 66.7 Å². The van der Waals surface area contributed by atoms with E-state index in [1.165, 1.54) is 34.4 Å². The fourth-order valence-corrected chi connectivity index (χ4v) is 5.09. The number of carbonyl (C=O) groups excluding carboxylic acids is 1. The third kappa shape index (κ3) is 4.30. The quantitative estimate of drug-likeness (QED) is 0.599. The van der Waals surface area contributed by atoms with Crippen LogP contribution < -0.4 is 5.32 Å². The van der Waals surface area contributed by atoms with Crippen LogP contribution in [-0.4, -0.2) is 12.5 Å². The maximum Gasteiger partial charge on any atom is 0.261 e. The summed E-state index contributed by atoms with van der Waals surface area (Å²) in [6, 6.07) is 23.2. The number of fused-ring (bicyclic) bond motifs is 1. The van der Waals surface area contributed by atoms with Gasteiger partial charge in [-0.2, -0.15) is 0 Å². The van der Waals surface area contributed by atoms with Gasteiger partial charge in [0.1, 0.15) is 0 Å². The van der Waals surface area contributed by atoms with Gasteiger partial charge in [-0.25, -0.2) is 0 Å². The maximum absolute atomic E-state index is 12.6. The Labute approximate surface area is 165 Å². The minimum Gasteiger partial charge on any atom is -0.351 e. The molecular weight excluding hydrogens is 350 g/mol. The fourth-order valence-electron chi connectivity index (χ4n) is 3.92. The molecule has 0 aliphatic heterocycles. The topological polar surface area (TPSA) is 29.1 Å². The molecule has 0 bridgehead atoms. The Morgan fingerprint density at radius 3 is 2.19 bits per heavy atom. The zero-order valence-electron chi connectivity index (χ0n) is 15.5. The second-order valence-corrected chi connectivity index (χ2v) is 8.32. The Morgan fingerprint density at radius 2 is 1.56 bits per heavy atom. The van der Waals surface area contributed by atoms with E-state index in [-0.39, 0.29) is 5.91 Å². The molecule has 0 spiro atoms. The predicted octanol–water partition coefficient (Wildman–Crippen LogP) is 5.58. The summed E-state index contributed by atoms with van der Waals surface area (Å²) in [7, 11) is 0. The second kappa shape index (κ2) is 8.53. The molecule has 2 nitrogen and oxygen atoms in total. The highest BCUT2D eigenvalue weighted by Crippen LogP contribution is 2.30. The summed E-state index contributed by atoms with van der Waals surface area (Å²) in [6.45, 7) is 0.676. The van der Waals surface area contributed by atoms with Gasteiger partial charge in [-0.15, -0.1) is 11.3 Å². The summed E-state index contributed by atoms with van der Waals surface area (Å²) in [5.74, 6) is 0.374. The smallest absolute Gasteiger partial charge is 0.261 e. The van der Waals surface area contributed by atoms with Crippen LogP contribution in [0.5, 0.6) is 0 Å². The van der Waals surface area contributed by atoms with Crippen molar-refractivity contribution < 1.29 is 4.79 Å². The van der Waals surface area contributed by atoms with E-state index in [2.05, 4.69) is 59.9 Å². The molecule has 3 heteroatoms. The van der Waals surface area contributed by atoms with Crippen molar-refractivity contribution >= 4 is 17.2 Å². The molecule has 1 amide bonds. The van der Waals surface area contributed by atoms with Crippen molar-refractivity contribution in [3.05, 3.63) is 93.2 Å². The third-order valence-electron chi connectivity index (χ3n) is 5.34. The second-order valence-electron chi connectivity index (χ2n) is 7.18. The minimum absolute atomic E-state index is 0.0780. The molecule has 0 fully saturated rings. The summed E-state index contributed by atoms with van der Waals surface area (Å²) in [5.41, 5.74) is 3.98. The van der Waals surface area contributed by atoms with Gasteiger partial charge in [0.05, 0.1) is 4.88 Å². The molecule has 1 N–H and O–H groups in total. The molecule has 4 rings (SSSR count). The van der Waals surface area contributed by atoms with E-state index in [1.54, 1.807) is 11.3 Å². The molecule has 0 radical (unpaired) electrons. The lowest BCUT2D eigenvalue weighted by molar-refractivity contribution is 0.0957. The Hall–Kier alpha value is -2.39. The van der Waals surface area contributed by atoms with Gasteiger partial charge in [-0.1, -0.05) is 60.7 Å². The number of hydrogen-bond acceptors (Lipinski definition) is 2. The van der Waals surface area contributed by atoms with Gasteiger partial charge in [0.15, 0.2) is 0 Å². The van der Waals surface area contributed by atoms with E-state index in [4.69, 9.17) is 0 Å². The minimum atomic E-state index is 0.0780. The van der Waals surface area contributed by atoms with E-state index in [0.717, 1.165) is 24.1 Å². The van der Waals surface area contributed by atoms with Crippen LogP contribution in [0.2, 0.25) is 0 Å². The molecule has 1 aliphatic carbocycles. The molecule has 138 valence electrons. The maximum atomic E-state index is 12.6. The lowest BCUT2D eigenvalue weighted by Gasteiger charge is -2.18. The van der Waals surface area contributed by atoms with Crippen molar-refractivity contribution in [2.45, 2.75) is 38.0 Å². The van der Waals surface area contributed by atoms with Crippen molar-refractivity contribution in [3.63, 3.8) is 0 Å². The molecule has 1 aromatic heterocycles. The molecule has 0 saturated carbocycles. The summed E-state index contributed by atoms with van der Waals surface area (Å²) in [5, 5.41) is 3.15. The van der Waals surface area contributed by atoms with Crippen molar-refractivity contribution in [3.8, 4) is 0 Å². The zero-order valence-corrected chi connectivity index (χ0v) is 16.3. The number of thiophene rings is 1. The Kier molecular flexibility index (Phi) is 5.69. The first kappa shape index (κ1) is 18.0. The molecule has 2 aromatic carbocycles. The van der Waals surface area contributed by atoms with Crippen LogP contribution in [0.4, 0.5) is 0 Å². The molecule has 0 saturated heterocycles. The highest BCUT2D eigenvalue weighted by molar-refractivity contribution is 7.14. The van der Waals surface area contributed by atoms with Crippen LogP contribution in [-0.2, 0) is 12.8 Å². The van der Waals surface area contributed by atoms with E-state index >= 15 is 0 Å². The lowest BCUT2D eigenvalue weighted by atomic mass is 9.88. The first-order valence-corrected chi connectivity index (χ1v) is 10.6. The number of hydrogen-bond donors (Lipinski definition) is 1. The summed E-state index contributed by atoms with van der Waals surface area (Å²) in [6.07, 6.45) is 5.66. The molecule has 1 aliphatic rings. The van der Waals surface area contributed by atoms with Gasteiger partial charge < -0.3 is 5.32 Å². The highest BCUT2D eigenvalue weighted by atomic mass is 32.1. The van der Waals surface area contributed by atoms with Crippen LogP contribution >= 0.6 is 11.3 Å². The number of nitrogens with one attached hydrogen (secondary N) is 1. The molecule has 0 atom stereocenters. The monoisotopic (exact) mass is 375 g/mol. The predicted molar refractivity (Wildman–Crippen MR) is 113 cm³/mol. The standard InChI is InChI=1S/C24H25NOS/c26-24(23-17-20-13-7-8-14-22(20)27-23)25-16-15-21(18-9-3-1-4-10-18)19-11-5-2-6-12-19/h1-6,9-12,17,21H,7-8,13-16H2,(H,25,26). The number of carbonyl (C=O) groups is 1. The van der Waals surface area contributed by atoms with Gasteiger partial charge in [-0.05, 0) is 54.9 Å². The number of aryl methyl sites for hydroxylation is 2. The highest BCUT2D eigenvalue weighted by Gasteiger charge is 2.18. The summed E-state index contributed by atoms with van der Waals surface area (Å²) < 4.78 is 0. The van der Waals surface area contributed by atoms with Crippen LogP contribution in [0, 0.1) is 0 Å². The van der Waals surface area contributed by atoms with E-state index in [0.29, 0.717) is 12.5 Å². The Morgan fingerprint density at radius 1 is 0.926 bits per heavy atom. The van der Waals surface area contributed by atoms with E-state index in [1.807, 2.05) is 12.1 Å². The van der Waals surface area contributed by atoms with Gasteiger partial charge >= 0.3 is 0 Å². The average molecular weight is 376 g/mol. The molecule has 27 heavy (non-hydrogen) atoms.